The van der Waals surface area contributed by atoms with Crippen molar-refractivity contribution >= 4 is 17.7 Å². The van der Waals surface area contributed by atoms with Crippen LogP contribution in [0.25, 0.3) is 11.3 Å². The van der Waals surface area contributed by atoms with Crippen LogP contribution in [0.1, 0.15) is 13.8 Å². The van der Waals surface area contributed by atoms with Crippen molar-refractivity contribution < 1.29 is 14.3 Å². The van der Waals surface area contributed by atoms with Crippen LogP contribution in [-0.2, 0) is 4.79 Å². The van der Waals surface area contributed by atoms with Crippen LogP contribution >= 0.6 is 11.8 Å². The largest absolute Gasteiger partial charge is 0.486 e. The Kier molecular flexibility index (Phi) is 5.20. The first-order valence-electron chi connectivity index (χ1n) is 7.78. The van der Waals surface area contributed by atoms with Gasteiger partial charge in [-0.15, -0.1) is 10.2 Å². The summed E-state index contributed by atoms with van der Waals surface area (Å²) in [5.41, 5.74) is 1.67. The highest BCUT2D eigenvalue weighted by Crippen LogP contribution is 2.33. The molecule has 1 aliphatic rings. The molecule has 1 aromatic carbocycles. The summed E-state index contributed by atoms with van der Waals surface area (Å²) >= 11 is 1.37. The Morgan fingerprint density at radius 2 is 1.96 bits per heavy atom. The Hall–Kier alpha value is -2.28. The highest BCUT2D eigenvalue weighted by atomic mass is 32.2. The molecule has 0 bridgehead atoms. The molecule has 1 amide bonds. The number of fused-ring (bicyclic) bond motifs is 1. The van der Waals surface area contributed by atoms with Crippen LogP contribution in [0, 0.1) is 0 Å². The quantitative estimate of drug-likeness (QED) is 0.840. The van der Waals surface area contributed by atoms with E-state index in [2.05, 4.69) is 15.5 Å². The van der Waals surface area contributed by atoms with E-state index in [1.807, 2.05) is 44.2 Å². The average Bonchev–Trinajstić information content (AvgIpc) is 2.59. The van der Waals surface area contributed by atoms with Crippen LogP contribution in [-0.4, -0.2) is 41.1 Å². The number of carbonyl (C=O) groups is 1. The Bertz CT molecular complexity index is 720. The maximum Gasteiger partial charge on any atom is 0.230 e. The monoisotopic (exact) mass is 345 g/mol. The topological polar surface area (TPSA) is 73.3 Å². The first-order chi connectivity index (χ1) is 11.6. The zero-order valence-corrected chi connectivity index (χ0v) is 14.4. The average molecular weight is 345 g/mol. The molecular formula is C17H19N3O3S. The van der Waals surface area contributed by atoms with Gasteiger partial charge in [0.25, 0.3) is 0 Å². The molecule has 0 aliphatic carbocycles. The van der Waals surface area contributed by atoms with Gasteiger partial charge < -0.3 is 14.8 Å². The molecule has 2 heterocycles. The molecule has 24 heavy (non-hydrogen) atoms. The molecule has 6 nitrogen and oxygen atoms in total. The van der Waals surface area contributed by atoms with Gasteiger partial charge in [0.1, 0.15) is 18.2 Å². The molecule has 1 aromatic heterocycles. The Balaban J connectivity index is 1.65. The number of hydrogen-bond acceptors (Lipinski definition) is 6. The molecule has 2 aromatic rings. The molecule has 0 spiro atoms. The molecule has 3 rings (SSSR count). The third kappa shape index (κ3) is 4.17. The number of nitrogens with one attached hydrogen (secondary N) is 1. The summed E-state index contributed by atoms with van der Waals surface area (Å²) in [6.07, 6.45) is 0. The minimum atomic E-state index is -0.00675. The van der Waals surface area contributed by atoms with Crippen LogP contribution in [0.15, 0.2) is 35.4 Å². The maximum atomic E-state index is 11.6. The highest BCUT2D eigenvalue weighted by molar-refractivity contribution is 7.99. The van der Waals surface area contributed by atoms with Gasteiger partial charge in [-0.2, -0.15) is 0 Å². The van der Waals surface area contributed by atoms with Gasteiger partial charge in [-0.05, 0) is 44.2 Å². The second kappa shape index (κ2) is 7.53. The van der Waals surface area contributed by atoms with Crippen LogP contribution in [0.5, 0.6) is 11.5 Å². The Labute approximate surface area is 145 Å². The van der Waals surface area contributed by atoms with Crippen LogP contribution in [0.4, 0.5) is 0 Å². The van der Waals surface area contributed by atoms with E-state index in [-0.39, 0.29) is 11.9 Å². The SMILES string of the molecule is CC(C)NC(=O)CSc1ccc(-c2ccc3c(c2)OCCO3)nn1. The van der Waals surface area contributed by atoms with E-state index in [0.717, 1.165) is 27.8 Å². The molecular weight excluding hydrogens is 326 g/mol. The number of ether oxygens (including phenoxy) is 2. The number of aromatic nitrogens is 2. The second-order valence-electron chi connectivity index (χ2n) is 5.63. The zero-order chi connectivity index (χ0) is 16.9. The number of thioether (sulfide) groups is 1. The summed E-state index contributed by atoms with van der Waals surface area (Å²) in [5.74, 6) is 1.80. The summed E-state index contributed by atoms with van der Waals surface area (Å²) in [6.45, 7) is 4.99. The fraction of sp³-hybridized carbons (Fsp3) is 0.353. The molecule has 1 aliphatic heterocycles. The molecule has 0 radical (unpaired) electrons. The number of carbonyl (C=O) groups excluding carboxylic acids is 1. The lowest BCUT2D eigenvalue weighted by atomic mass is 10.1. The van der Waals surface area contributed by atoms with E-state index >= 15 is 0 Å². The van der Waals surface area contributed by atoms with Crippen molar-refractivity contribution in [3.05, 3.63) is 30.3 Å². The van der Waals surface area contributed by atoms with Crippen molar-refractivity contribution in [2.75, 3.05) is 19.0 Å². The first-order valence-corrected chi connectivity index (χ1v) is 8.76. The third-order valence-electron chi connectivity index (χ3n) is 3.28. The first kappa shape index (κ1) is 16.6. The maximum absolute atomic E-state index is 11.6. The minimum absolute atomic E-state index is 0.00675. The Morgan fingerprint density at radius 1 is 1.17 bits per heavy atom. The van der Waals surface area contributed by atoms with Gasteiger partial charge in [0.15, 0.2) is 11.5 Å². The van der Waals surface area contributed by atoms with Gasteiger partial charge in [-0.3, -0.25) is 4.79 Å². The van der Waals surface area contributed by atoms with Crippen molar-refractivity contribution in [1.82, 2.24) is 15.5 Å². The summed E-state index contributed by atoms with van der Waals surface area (Å²) in [4.78, 5) is 11.6. The fourth-order valence-corrected chi connectivity index (χ4v) is 2.88. The van der Waals surface area contributed by atoms with E-state index in [1.54, 1.807) is 0 Å². The standard InChI is InChI=1S/C17H19N3O3S/c1-11(2)18-16(21)10-24-17-6-4-13(19-20-17)12-3-5-14-15(9-12)23-8-7-22-14/h3-6,9,11H,7-8,10H2,1-2H3,(H,18,21). The van der Waals surface area contributed by atoms with E-state index in [9.17, 15) is 4.79 Å². The minimum Gasteiger partial charge on any atom is -0.486 e. The van der Waals surface area contributed by atoms with E-state index in [4.69, 9.17) is 9.47 Å². The van der Waals surface area contributed by atoms with Gasteiger partial charge >= 0.3 is 0 Å². The van der Waals surface area contributed by atoms with Crippen LogP contribution < -0.4 is 14.8 Å². The van der Waals surface area contributed by atoms with Gasteiger partial charge in [-0.1, -0.05) is 11.8 Å². The fourth-order valence-electron chi connectivity index (χ4n) is 2.26. The van der Waals surface area contributed by atoms with Gasteiger partial charge in [0.2, 0.25) is 5.91 Å². The lowest BCUT2D eigenvalue weighted by molar-refractivity contribution is -0.119. The zero-order valence-electron chi connectivity index (χ0n) is 13.6. The predicted octanol–water partition coefficient (Wildman–Crippen LogP) is 2.53. The van der Waals surface area contributed by atoms with Crippen LogP contribution in [0.2, 0.25) is 0 Å². The summed E-state index contributed by atoms with van der Waals surface area (Å²) in [5, 5.41) is 12.0. The number of hydrogen-bond donors (Lipinski definition) is 1. The summed E-state index contributed by atoms with van der Waals surface area (Å²) in [7, 11) is 0. The summed E-state index contributed by atoms with van der Waals surface area (Å²) in [6, 6.07) is 9.61. The van der Waals surface area contributed by atoms with Gasteiger partial charge in [0.05, 0.1) is 11.4 Å². The molecule has 0 saturated carbocycles. The number of rotatable bonds is 5. The normalized spacial score (nSPS) is 13.0. The molecule has 0 fully saturated rings. The molecule has 126 valence electrons. The molecule has 0 unspecified atom stereocenters. The van der Waals surface area contributed by atoms with Crippen molar-refractivity contribution in [1.29, 1.82) is 0 Å². The van der Waals surface area contributed by atoms with E-state index in [1.165, 1.54) is 11.8 Å². The number of benzene rings is 1. The molecule has 0 atom stereocenters. The van der Waals surface area contributed by atoms with E-state index < -0.39 is 0 Å². The predicted molar refractivity (Wildman–Crippen MR) is 92.5 cm³/mol. The number of nitrogens with zero attached hydrogens (tertiary/aromatic N) is 2. The second-order valence-corrected chi connectivity index (χ2v) is 6.62. The van der Waals surface area contributed by atoms with E-state index in [0.29, 0.717) is 19.0 Å². The van der Waals surface area contributed by atoms with Crippen molar-refractivity contribution in [3.8, 4) is 22.8 Å². The molecule has 0 saturated heterocycles. The lowest BCUT2D eigenvalue weighted by Gasteiger charge is -2.18. The summed E-state index contributed by atoms with van der Waals surface area (Å²) < 4.78 is 11.1. The van der Waals surface area contributed by atoms with Gasteiger partial charge in [0, 0.05) is 11.6 Å². The Morgan fingerprint density at radius 3 is 2.67 bits per heavy atom. The van der Waals surface area contributed by atoms with Gasteiger partial charge in [-0.25, -0.2) is 0 Å². The van der Waals surface area contributed by atoms with Crippen molar-refractivity contribution in [2.24, 2.45) is 0 Å². The molecule has 7 heteroatoms. The number of amides is 1. The highest BCUT2D eigenvalue weighted by Gasteiger charge is 2.13. The van der Waals surface area contributed by atoms with Crippen molar-refractivity contribution in [3.63, 3.8) is 0 Å². The van der Waals surface area contributed by atoms with Crippen molar-refractivity contribution in [2.45, 2.75) is 24.9 Å². The molecule has 1 N–H and O–H groups in total. The smallest absolute Gasteiger partial charge is 0.230 e. The van der Waals surface area contributed by atoms with Crippen LogP contribution in [0.3, 0.4) is 0 Å². The lowest BCUT2D eigenvalue weighted by Crippen LogP contribution is -2.31. The third-order valence-corrected chi connectivity index (χ3v) is 4.20.